The van der Waals surface area contributed by atoms with Crippen molar-refractivity contribution in [3.05, 3.63) is 12.7 Å². The van der Waals surface area contributed by atoms with Crippen LogP contribution in [0.4, 0.5) is 0 Å². The third kappa shape index (κ3) is 2.19. The van der Waals surface area contributed by atoms with Crippen molar-refractivity contribution in [2.75, 3.05) is 0 Å². The maximum Gasteiger partial charge on any atom is 0.198 e. The minimum absolute atomic E-state index is 0.774. The van der Waals surface area contributed by atoms with Crippen molar-refractivity contribution in [1.82, 2.24) is 0 Å². The van der Waals surface area contributed by atoms with Gasteiger partial charge in [0.1, 0.15) is 0 Å². The molecule has 1 rings (SSSR count). The Balaban J connectivity index is 2.50. The second kappa shape index (κ2) is 4.43. The van der Waals surface area contributed by atoms with Crippen LogP contribution in [-0.2, 0) is 0 Å². The van der Waals surface area contributed by atoms with Crippen LogP contribution < -0.4 is 0 Å². The maximum atomic E-state index is 3.86. The third-order valence-electron chi connectivity index (χ3n) is 2.07. The van der Waals surface area contributed by atoms with Crippen molar-refractivity contribution in [2.24, 2.45) is 0 Å². The van der Waals surface area contributed by atoms with Gasteiger partial charge in [-0.15, -0.1) is 6.58 Å². The summed E-state index contributed by atoms with van der Waals surface area (Å²) in [4.78, 5) is 0. The average molecular weight is 355 g/mol. The van der Waals surface area contributed by atoms with Gasteiger partial charge in [-0.2, -0.15) is 44.7 Å². The molecule has 0 aromatic carbocycles. The molecular weight excluding hydrogens is 346 g/mol. The van der Waals surface area contributed by atoms with Crippen LogP contribution in [0.25, 0.3) is 0 Å². The van der Waals surface area contributed by atoms with Crippen LogP contribution >= 0.6 is 44.7 Å². The Bertz CT molecular complexity index is 130. The predicted octanol–water partition coefficient (Wildman–Crippen LogP) is 2.23. The fourth-order valence-corrected chi connectivity index (χ4v) is 3.37. The van der Waals surface area contributed by atoms with E-state index in [1.54, 1.807) is 0 Å². The molecule has 0 N–H and O–H groups in total. The zero-order valence-electron chi connectivity index (χ0n) is 5.89. The van der Waals surface area contributed by atoms with Gasteiger partial charge in [0.05, 0.1) is 7.17 Å². The highest BCUT2D eigenvalue weighted by Gasteiger charge is 2.33. The lowest BCUT2D eigenvalue weighted by atomic mass is 9.12. The highest BCUT2D eigenvalue weighted by atomic mass is 127. The van der Waals surface area contributed by atoms with E-state index in [0.29, 0.717) is 0 Å². The van der Waals surface area contributed by atoms with Crippen LogP contribution in [0.1, 0.15) is 6.42 Å². The summed E-state index contributed by atoms with van der Waals surface area (Å²) >= 11 is 5.13. The largest absolute Gasteiger partial charge is 0.198 e. The molecule has 1 unspecified atom stereocenters. The highest BCUT2D eigenvalue weighted by molar-refractivity contribution is 14.2. The fraction of sp³-hybridized carbons (Fsp3) is 0.600. The lowest BCUT2D eigenvalue weighted by molar-refractivity contribution is 0.941. The zero-order valence-corrected chi connectivity index (χ0v) is 10.2. The molecule has 0 aliphatic carbocycles. The van der Waals surface area contributed by atoms with Crippen LogP contribution in [0.15, 0.2) is 12.7 Å². The van der Waals surface area contributed by atoms with Crippen molar-refractivity contribution in [3.63, 3.8) is 0 Å². The molecule has 1 heterocycles. The molecule has 0 nitrogen and oxygen atoms in total. The molecule has 1 fully saturated rings. The van der Waals surface area contributed by atoms with E-state index in [9.17, 15) is 0 Å². The summed E-state index contributed by atoms with van der Waals surface area (Å²) in [7, 11) is 1.40. The Labute approximate surface area is 91.1 Å². The van der Waals surface area contributed by atoms with Crippen molar-refractivity contribution in [2.45, 2.75) is 18.6 Å². The van der Waals surface area contributed by atoms with Crippen LogP contribution in [0.5, 0.6) is 0 Å². The minimum atomic E-state index is 0.774. The number of rotatable bonds is 1. The van der Waals surface area contributed by atoms with Gasteiger partial charge in [0.15, 0.2) is 8.81 Å². The molecule has 1 aliphatic rings. The first-order valence-electron chi connectivity index (χ1n) is 3.66. The van der Waals surface area contributed by atoms with Crippen LogP contribution in [-0.4, -0.2) is 16.0 Å². The van der Waals surface area contributed by atoms with E-state index in [1.807, 2.05) is 0 Å². The summed E-state index contributed by atoms with van der Waals surface area (Å²) in [5, 5.41) is 0. The summed E-state index contributed by atoms with van der Waals surface area (Å²) in [5.41, 5.74) is 0. The van der Waals surface area contributed by atoms with E-state index in [0.717, 1.165) is 14.6 Å². The van der Waals surface area contributed by atoms with E-state index in [-0.39, 0.29) is 0 Å². The van der Waals surface area contributed by atoms with Gasteiger partial charge in [-0.3, -0.25) is 0 Å². The van der Waals surface area contributed by atoms with E-state index in [4.69, 9.17) is 0 Å². The van der Waals surface area contributed by atoms with Gasteiger partial charge in [0.25, 0.3) is 0 Å². The van der Waals surface area contributed by atoms with Gasteiger partial charge in [0, 0.05) is 0 Å². The molecule has 0 aromatic heterocycles. The summed E-state index contributed by atoms with van der Waals surface area (Å²) in [6, 6.07) is 0. The first kappa shape index (κ1) is 9.48. The quantitative estimate of drug-likeness (QED) is 0.384. The SMILES string of the molecule is C=CC1CCBB(I)B1I. The second-order valence-electron chi connectivity index (χ2n) is 2.79. The van der Waals surface area contributed by atoms with Gasteiger partial charge in [-0.1, -0.05) is 18.8 Å². The summed E-state index contributed by atoms with van der Waals surface area (Å²) in [6.07, 6.45) is 4.88. The first-order valence-corrected chi connectivity index (χ1v) is 6.15. The van der Waals surface area contributed by atoms with Gasteiger partial charge in [-0.05, 0) is 5.82 Å². The Morgan fingerprint density at radius 3 is 2.80 bits per heavy atom. The van der Waals surface area contributed by atoms with Crippen molar-refractivity contribution in [1.29, 1.82) is 0 Å². The number of allylic oxidation sites excluding steroid dienone is 1. The van der Waals surface area contributed by atoms with E-state index < -0.39 is 0 Å². The molecule has 0 radical (unpaired) electrons. The Kier molecular flexibility index (Phi) is 4.20. The molecule has 1 aliphatic heterocycles. The predicted molar refractivity (Wildman–Crippen MR) is 70.1 cm³/mol. The third-order valence-corrected chi connectivity index (χ3v) is 6.64. The zero-order chi connectivity index (χ0) is 7.56. The Morgan fingerprint density at radius 2 is 2.30 bits per heavy atom. The van der Waals surface area contributed by atoms with Gasteiger partial charge >= 0.3 is 0 Å². The molecule has 1 atom stereocenters. The first-order chi connectivity index (χ1) is 4.75. The summed E-state index contributed by atoms with van der Waals surface area (Å²) in [6.45, 7) is 3.86. The van der Waals surface area contributed by atoms with E-state index in [2.05, 4.69) is 57.4 Å². The van der Waals surface area contributed by atoms with Crippen LogP contribution in [0, 0.1) is 0 Å². The van der Waals surface area contributed by atoms with E-state index in [1.165, 1.54) is 19.9 Å². The smallest absolute Gasteiger partial charge is 0.169 e. The lowest BCUT2D eigenvalue weighted by Gasteiger charge is -2.24. The molecule has 10 heavy (non-hydrogen) atoms. The van der Waals surface area contributed by atoms with Crippen molar-refractivity contribution >= 4 is 60.7 Å². The maximum absolute atomic E-state index is 3.86. The normalized spacial score (nSPS) is 26.0. The van der Waals surface area contributed by atoms with Gasteiger partial charge < -0.3 is 0 Å². The molecule has 0 bridgehead atoms. The summed E-state index contributed by atoms with van der Waals surface area (Å²) in [5.74, 6) is 0.774. The number of halogens is 2. The standard InChI is InChI=1S/C5H9B3I2/c1-2-5-3-4-6-8(10)7(5)9/h2,5-6H,1,3-4H2. The van der Waals surface area contributed by atoms with Crippen LogP contribution in [0.2, 0.25) is 12.1 Å². The minimum Gasteiger partial charge on any atom is -0.169 e. The molecular formula is C5H9B3I2. The number of hydrogen-bond acceptors (Lipinski definition) is 0. The molecule has 5 heteroatoms. The second-order valence-corrected chi connectivity index (χ2v) is 5.83. The van der Waals surface area contributed by atoms with Gasteiger partial charge in [-0.25, -0.2) is 0 Å². The van der Waals surface area contributed by atoms with E-state index >= 15 is 0 Å². The summed E-state index contributed by atoms with van der Waals surface area (Å²) < 4.78 is 1.69. The van der Waals surface area contributed by atoms with Crippen LogP contribution in [0.3, 0.4) is 0 Å². The van der Waals surface area contributed by atoms with Crippen molar-refractivity contribution in [3.8, 4) is 0 Å². The lowest BCUT2D eigenvalue weighted by Crippen LogP contribution is -2.38. The molecule has 0 spiro atoms. The van der Waals surface area contributed by atoms with Gasteiger partial charge in [0.2, 0.25) is 0 Å². The Hall–Kier alpha value is 1.39. The molecule has 0 aromatic rings. The molecule has 1 saturated heterocycles. The molecule has 0 amide bonds. The highest BCUT2D eigenvalue weighted by Crippen LogP contribution is 2.31. The monoisotopic (exact) mass is 356 g/mol. The average Bonchev–Trinajstić information content (AvgIpc) is 1.95. The van der Waals surface area contributed by atoms with Crippen molar-refractivity contribution < 1.29 is 0 Å². The number of hydrogen-bond donors (Lipinski definition) is 0. The topological polar surface area (TPSA) is 0 Å². The Morgan fingerprint density at radius 1 is 1.60 bits per heavy atom. The molecule has 0 saturated carbocycles. The fourth-order valence-electron chi connectivity index (χ4n) is 1.38. The molecule has 52 valence electrons.